The maximum atomic E-state index is 9.95. The van der Waals surface area contributed by atoms with E-state index >= 15 is 0 Å². The van der Waals surface area contributed by atoms with Crippen LogP contribution in [0.4, 0.5) is 0 Å². The van der Waals surface area contributed by atoms with Crippen LogP contribution in [0.25, 0.3) is 0 Å². The summed E-state index contributed by atoms with van der Waals surface area (Å²) in [6, 6.07) is 16.4. The SMILES string of the molecule is Cc1cccc(C(CN)(CO)Cc2ccc(Br)cc2)c1. The van der Waals surface area contributed by atoms with Gasteiger partial charge >= 0.3 is 0 Å². The molecule has 106 valence electrons. The van der Waals surface area contributed by atoms with Gasteiger partial charge in [-0.3, -0.25) is 0 Å². The first-order valence-corrected chi connectivity index (χ1v) is 7.51. The van der Waals surface area contributed by atoms with Crippen LogP contribution in [0.3, 0.4) is 0 Å². The molecule has 0 heterocycles. The Kier molecular flexibility index (Phi) is 4.97. The highest BCUT2D eigenvalue weighted by Gasteiger charge is 2.30. The summed E-state index contributed by atoms with van der Waals surface area (Å²) in [5.74, 6) is 0. The number of aliphatic hydroxyl groups excluding tert-OH is 1. The molecule has 3 heteroatoms. The van der Waals surface area contributed by atoms with E-state index in [4.69, 9.17) is 5.73 Å². The van der Waals surface area contributed by atoms with Crippen molar-refractivity contribution in [2.45, 2.75) is 18.8 Å². The largest absolute Gasteiger partial charge is 0.395 e. The zero-order valence-corrected chi connectivity index (χ0v) is 13.2. The number of halogens is 1. The second-order valence-corrected chi connectivity index (χ2v) is 6.23. The topological polar surface area (TPSA) is 46.2 Å². The quantitative estimate of drug-likeness (QED) is 0.882. The van der Waals surface area contributed by atoms with E-state index in [-0.39, 0.29) is 6.61 Å². The van der Waals surface area contributed by atoms with Crippen molar-refractivity contribution in [3.8, 4) is 0 Å². The zero-order valence-electron chi connectivity index (χ0n) is 11.6. The van der Waals surface area contributed by atoms with Crippen LogP contribution in [0.1, 0.15) is 16.7 Å². The van der Waals surface area contributed by atoms with Crippen molar-refractivity contribution in [2.24, 2.45) is 5.73 Å². The van der Waals surface area contributed by atoms with Gasteiger partial charge in [0.05, 0.1) is 6.61 Å². The number of rotatable bonds is 5. The first kappa shape index (κ1) is 15.2. The molecule has 0 aliphatic rings. The molecule has 2 aromatic rings. The van der Waals surface area contributed by atoms with Gasteiger partial charge < -0.3 is 10.8 Å². The third-order valence-electron chi connectivity index (χ3n) is 3.78. The van der Waals surface area contributed by atoms with E-state index in [0.717, 1.165) is 16.5 Å². The van der Waals surface area contributed by atoms with E-state index in [0.29, 0.717) is 6.54 Å². The summed E-state index contributed by atoms with van der Waals surface area (Å²) in [4.78, 5) is 0. The molecular weight excluding hydrogens is 314 g/mol. The van der Waals surface area contributed by atoms with Crippen molar-refractivity contribution in [1.82, 2.24) is 0 Å². The van der Waals surface area contributed by atoms with Crippen molar-refractivity contribution >= 4 is 15.9 Å². The van der Waals surface area contributed by atoms with Crippen LogP contribution in [-0.2, 0) is 11.8 Å². The maximum Gasteiger partial charge on any atom is 0.0543 e. The normalized spacial score (nSPS) is 14.0. The molecule has 0 saturated heterocycles. The molecule has 0 aliphatic carbocycles. The minimum atomic E-state index is -0.417. The number of nitrogens with two attached hydrogens (primary N) is 1. The van der Waals surface area contributed by atoms with Gasteiger partial charge in [-0.2, -0.15) is 0 Å². The van der Waals surface area contributed by atoms with Crippen molar-refractivity contribution in [1.29, 1.82) is 0 Å². The number of benzene rings is 2. The lowest BCUT2D eigenvalue weighted by Gasteiger charge is -2.31. The molecule has 0 saturated carbocycles. The van der Waals surface area contributed by atoms with E-state index in [1.54, 1.807) is 0 Å². The van der Waals surface area contributed by atoms with Crippen LogP contribution in [0.5, 0.6) is 0 Å². The van der Waals surface area contributed by atoms with Gasteiger partial charge in [0.25, 0.3) is 0 Å². The number of hydrogen-bond donors (Lipinski definition) is 2. The van der Waals surface area contributed by atoms with Crippen LogP contribution in [0, 0.1) is 6.92 Å². The number of hydrogen-bond acceptors (Lipinski definition) is 2. The molecule has 0 radical (unpaired) electrons. The third-order valence-corrected chi connectivity index (χ3v) is 4.31. The summed E-state index contributed by atoms with van der Waals surface area (Å²) in [6.45, 7) is 2.52. The van der Waals surface area contributed by atoms with Gasteiger partial charge in [0, 0.05) is 16.4 Å². The monoisotopic (exact) mass is 333 g/mol. The van der Waals surface area contributed by atoms with Crippen LogP contribution >= 0.6 is 15.9 Å². The highest BCUT2D eigenvalue weighted by Crippen LogP contribution is 2.28. The molecule has 0 aliphatic heterocycles. The number of aliphatic hydroxyl groups is 1. The lowest BCUT2D eigenvalue weighted by molar-refractivity contribution is 0.196. The van der Waals surface area contributed by atoms with E-state index in [2.05, 4.69) is 53.2 Å². The van der Waals surface area contributed by atoms with Crippen molar-refractivity contribution in [3.05, 3.63) is 69.7 Å². The molecule has 1 unspecified atom stereocenters. The summed E-state index contributed by atoms with van der Waals surface area (Å²) < 4.78 is 1.05. The molecule has 0 bridgehead atoms. The Morgan fingerprint density at radius 2 is 1.85 bits per heavy atom. The Bertz CT molecular complexity index is 561. The maximum absolute atomic E-state index is 9.95. The Labute approximate surface area is 128 Å². The predicted octanol–water partition coefficient (Wildman–Crippen LogP) is 3.19. The lowest BCUT2D eigenvalue weighted by atomic mass is 9.76. The average Bonchev–Trinajstić information content (AvgIpc) is 2.47. The Morgan fingerprint density at radius 3 is 2.40 bits per heavy atom. The van der Waals surface area contributed by atoms with Gasteiger partial charge in [0.2, 0.25) is 0 Å². The summed E-state index contributed by atoms with van der Waals surface area (Å²) in [5, 5.41) is 9.95. The van der Waals surface area contributed by atoms with Crippen LogP contribution in [-0.4, -0.2) is 18.3 Å². The zero-order chi connectivity index (χ0) is 14.6. The lowest BCUT2D eigenvalue weighted by Crippen LogP contribution is -2.41. The fourth-order valence-corrected chi connectivity index (χ4v) is 2.74. The summed E-state index contributed by atoms with van der Waals surface area (Å²) >= 11 is 3.44. The molecule has 0 aromatic heterocycles. The van der Waals surface area contributed by atoms with Crippen LogP contribution < -0.4 is 5.73 Å². The Balaban J connectivity index is 2.36. The van der Waals surface area contributed by atoms with Gasteiger partial charge in [-0.05, 0) is 36.6 Å². The molecule has 2 nitrogen and oxygen atoms in total. The van der Waals surface area contributed by atoms with Gasteiger partial charge in [-0.25, -0.2) is 0 Å². The van der Waals surface area contributed by atoms with E-state index in [1.807, 2.05) is 18.2 Å². The second-order valence-electron chi connectivity index (χ2n) is 5.32. The molecule has 2 aromatic carbocycles. The first-order chi connectivity index (χ1) is 9.59. The summed E-state index contributed by atoms with van der Waals surface area (Å²) in [6.07, 6.45) is 0.733. The molecule has 2 rings (SSSR count). The molecule has 0 spiro atoms. The molecule has 1 atom stereocenters. The Morgan fingerprint density at radius 1 is 1.15 bits per heavy atom. The molecule has 3 N–H and O–H groups in total. The Hall–Kier alpha value is -1.16. The summed E-state index contributed by atoms with van der Waals surface area (Å²) in [7, 11) is 0. The summed E-state index contributed by atoms with van der Waals surface area (Å²) in [5.41, 5.74) is 9.05. The van der Waals surface area contributed by atoms with Crippen LogP contribution in [0.15, 0.2) is 53.0 Å². The molecule has 20 heavy (non-hydrogen) atoms. The molecular formula is C17H20BrNO. The number of aryl methyl sites for hydroxylation is 1. The minimum absolute atomic E-state index is 0.0447. The third kappa shape index (κ3) is 3.29. The smallest absolute Gasteiger partial charge is 0.0543 e. The second kappa shape index (κ2) is 6.53. The standard InChI is InChI=1S/C17H20BrNO/c1-13-3-2-4-15(9-13)17(11-19,12-20)10-14-5-7-16(18)8-6-14/h2-9,20H,10-12,19H2,1H3. The van der Waals surface area contributed by atoms with Gasteiger partial charge in [0.15, 0.2) is 0 Å². The van der Waals surface area contributed by atoms with E-state index in [9.17, 15) is 5.11 Å². The van der Waals surface area contributed by atoms with E-state index < -0.39 is 5.41 Å². The average molecular weight is 334 g/mol. The predicted molar refractivity (Wildman–Crippen MR) is 86.8 cm³/mol. The van der Waals surface area contributed by atoms with Crippen molar-refractivity contribution < 1.29 is 5.11 Å². The van der Waals surface area contributed by atoms with Crippen molar-refractivity contribution in [2.75, 3.05) is 13.2 Å². The van der Waals surface area contributed by atoms with Gasteiger partial charge in [-0.1, -0.05) is 57.9 Å². The highest BCUT2D eigenvalue weighted by molar-refractivity contribution is 9.10. The fraction of sp³-hybridized carbons (Fsp3) is 0.294. The van der Waals surface area contributed by atoms with E-state index in [1.165, 1.54) is 11.1 Å². The van der Waals surface area contributed by atoms with Gasteiger partial charge in [0.1, 0.15) is 0 Å². The first-order valence-electron chi connectivity index (χ1n) is 6.72. The van der Waals surface area contributed by atoms with Crippen molar-refractivity contribution in [3.63, 3.8) is 0 Å². The minimum Gasteiger partial charge on any atom is -0.395 e. The fourth-order valence-electron chi connectivity index (χ4n) is 2.47. The highest BCUT2D eigenvalue weighted by atomic mass is 79.9. The molecule has 0 fully saturated rings. The van der Waals surface area contributed by atoms with Crippen LogP contribution in [0.2, 0.25) is 0 Å². The van der Waals surface area contributed by atoms with Gasteiger partial charge in [-0.15, -0.1) is 0 Å². The molecule has 0 amide bonds.